The first-order valence-electron chi connectivity index (χ1n) is 11.1. The van der Waals surface area contributed by atoms with Crippen molar-refractivity contribution < 1.29 is 14.3 Å². The van der Waals surface area contributed by atoms with Gasteiger partial charge in [0.25, 0.3) is 0 Å². The number of ether oxygens (including phenoxy) is 1. The smallest absolute Gasteiger partial charge is 0.242 e. The van der Waals surface area contributed by atoms with Gasteiger partial charge in [0.1, 0.15) is 11.0 Å². The van der Waals surface area contributed by atoms with E-state index in [4.69, 9.17) is 9.73 Å². The standard InChI is InChI=1S/C25H29N3O3S/c1-17-7-6-8-19(15-17)26-23(29)16-22-24(30)28(20-9-4-3-5-10-20)25(32-22)27-18-11-13-21(31-2)14-12-18/h6-8,11-15,20,22H,3-5,9-10,16H2,1-2H3,(H,26,29). The van der Waals surface area contributed by atoms with Crippen molar-refractivity contribution in [1.29, 1.82) is 0 Å². The van der Waals surface area contributed by atoms with Gasteiger partial charge in [-0.3, -0.25) is 14.5 Å². The molecule has 1 saturated carbocycles. The number of nitrogens with one attached hydrogen (secondary N) is 1. The molecule has 2 fully saturated rings. The predicted octanol–water partition coefficient (Wildman–Crippen LogP) is 5.30. The fourth-order valence-electron chi connectivity index (χ4n) is 4.24. The molecule has 0 aromatic heterocycles. The van der Waals surface area contributed by atoms with Gasteiger partial charge in [0.2, 0.25) is 11.8 Å². The summed E-state index contributed by atoms with van der Waals surface area (Å²) in [7, 11) is 1.63. The van der Waals surface area contributed by atoms with Crippen LogP contribution in [0.3, 0.4) is 0 Å². The van der Waals surface area contributed by atoms with Crippen molar-refractivity contribution in [2.45, 2.75) is 56.7 Å². The van der Waals surface area contributed by atoms with E-state index in [0.717, 1.165) is 48.4 Å². The van der Waals surface area contributed by atoms with E-state index in [1.54, 1.807) is 7.11 Å². The molecular weight excluding hydrogens is 422 g/mol. The number of amides is 2. The number of anilines is 1. The highest BCUT2D eigenvalue weighted by Gasteiger charge is 2.42. The molecule has 0 radical (unpaired) electrons. The van der Waals surface area contributed by atoms with Crippen molar-refractivity contribution in [1.82, 2.24) is 4.90 Å². The number of methoxy groups -OCH3 is 1. The van der Waals surface area contributed by atoms with E-state index < -0.39 is 5.25 Å². The highest BCUT2D eigenvalue weighted by atomic mass is 32.2. The second kappa shape index (κ2) is 10.2. The van der Waals surface area contributed by atoms with Crippen LogP contribution in [-0.4, -0.2) is 40.3 Å². The summed E-state index contributed by atoms with van der Waals surface area (Å²) in [4.78, 5) is 32.7. The Hall–Kier alpha value is -2.80. The summed E-state index contributed by atoms with van der Waals surface area (Å²) < 4.78 is 5.23. The Bertz CT molecular complexity index is 1000. The fourth-order valence-corrected chi connectivity index (χ4v) is 5.45. The number of amidine groups is 1. The zero-order chi connectivity index (χ0) is 22.5. The number of aryl methyl sites for hydroxylation is 1. The number of nitrogens with zero attached hydrogens (tertiary/aromatic N) is 2. The molecule has 6 nitrogen and oxygen atoms in total. The Morgan fingerprint density at radius 2 is 1.91 bits per heavy atom. The second-order valence-electron chi connectivity index (χ2n) is 8.32. The molecular formula is C25H29N3O3S. The van der Waals surface area contributed by atoms with Crippen LogP contribution in [0.4, 0.5) is 11.4 Å². The van der Waals surface area contributed by atoms with Crippen molar-refractivity contribution in [2.24, 2.45) is 4.99 Å². The molecule has 1 aliphatic carbocycles. The molecule has 1 aliphatic heterocycles. The van der Waals surface area contributed by atoms with Gasteiger partial charge in [-0.1, -0.05) is 43.2 Å². The molecule has 2 aliphatic rings. The molecule has 1 saturated heterocycles. The Morgan fingerprint density at radius 3 is 2.59 bits per heavy atom. The van der Waals surface area contributed by atoms with Crippen LogP contribution < -0.4 is 10.1 Å². The highest BCUT2D eigenvalue weighted by Crippen LogP contribution is 2.37. The molecule has 32 heavy (non-hydrogen) atoms. The van der Waals surface area contributed by atoms with Gasteiger partial charge in [-0.15, -0.1) is 0 Å². The SMILES string of the molecule is COc1ccc(N=C2SC(CC(=O)Nc3cccc(C)c3)C(=O)N2C2CCCCC2)cc1. The molecule has 4 rings (SSSR count). The van der Waals surface area contributed by atoms with Gasteiger partial charge in [0.15, 0.2) is 5.17 Å². The zero-order valence-corrected chi connectivity index (χ0v) is 19.4. The minimum Gasteiger partial charge on any atom is -0.497 e. The van der Waals surface area contributed by atoms with Gasteiger partial charge in [-0.25, -0.2) is 4.99 Å². The van der Waals surface area contributed by atoms with Gasteiger partial charge in [0.05, 0.1) is 12.8 Å². The van der Waals surface area contributed by atoms with Gasteiger partial charge in [0, 0.05) is 18.2 Å². The molecule has 1 unspecified atom stereocenters. The third-order valence-electron chi connectivity index (χ3n) is 5.88. The number of aliphatic imine (C=N–C) groups is 1. The average molecular weight is 452 g/mol. The lowest BCUT2D eigenvalue weighted by Gasteiger charge is -2.30. The van der Waals surface area contributed by atoms with E-state index in [-0.39, 0.29) is 24.3 Å². The molecule has 1 heterocycles. The van der Waals surface area contributed by atoms with Crippen molar-refractivity contribution in [2.75, 3.05) is 12.4 Å². The van der Waals surface area contributed by atoms with E-state index in [0.29, 0.717) is 5.17 Å². The van der Waals surface area contributed by atoms with Crippen LogP contribution >= 0.6 is 11.8 Å². The lowest BCUT2D eigenvalue weighted by Crippen LogP contribution is -2.42. The van der Waals surface area contributed by atoms with Crippen LogP contribution in [0.1, 0.15) is 44.1 Å². The molecule has 1 atom stereocenters. The lowest BCUT2D eigenvalue weighted by molar-refractivity contribution is -0.130. The molecule has 7 heteroatoms. The van der Waals surface area contributed by atoms with Crippen LogP contribution in [0.5, 0.6) is 5.75 Å². The van der Waals surface area contributed by atoms with Crippen LogP contribution in [0.2, 0.25) is 0 Å². The normalized spacial score (nSPS) is 20.6. The molecule has 0 bridgehead atoms. The quantitative estimate of drug-likeness (QED) is 0.647. The summed E-state index contributed by atoms with van der Waals surface area (Å²) in [5.41, 5.74) is 2.60. The van der Waals surface area contributed by atoms with Crippen LogP contribution in [-0.2, 0) is 9.59 Å². The third-order valence-corrected chi connectivity index (χ3v) is 7.03. The van der Waals surface area contributed by atoms with E-state index in [1.165, 1.54) is 18.2 Å². The summed E-state index contributed by atoms with van der Waals surface area (Å²) in [6.07, 6.45) is 5.54. The number of carbonyl (C=O) groups is 2. The third kappa shape index (κ3) is 5.33. The van der Waals surface area contributed by atoms with Crippen LogP contribution in [0.25, 0.3) is 0 Å². The summed E-state index contributed by atoms with van der Waals surface area (Å²) in [6.45, 7) is 1.98. The summed E-state index contributed by atoms with van der Waals surface area (Å²) >= 11 is 1.40. The van der Waals surface area contributed by atoms with E-state index in [9.17, 15) is 9.59 Å². The van der Waals surface area contributed by atoms with Crippen molar-refractivity contribution in [3.63, 3.8) is 0 Å². The molecule has 168 valence electrons. The van der Waals surface area contributed by atoms with Crippen LogP contribution in [0.15, 0.2) is 53.5 Å². The highest BCUT2D eigenvalue weighted by molar-refractivity contribution is 8.15. The number of carbonyl (C=O) groups excluding carboxylic acids is 2. The first-order chi connectivity index (χ1) is 15.5. The summed E-state index contributed by atoms with van der Waals surface area (Å²) in [6, 6.07) is 15.3. The van der Waals surface area contributed by atoms with Crippen LogP contribution in [0, 0.1) is 6.92 Å². The lowest BCUT2D eigenvalue weighted by atomic mass is 9.94. The van der Waals surface area contributed by atoms with E-state index >= 15 is 0 Å². The Morgan fingerprint density at radius 1 is 1.16 bits per heavy atom. The first kappa shape index (κ1) is 22.4. The van der Waals surface area contributed by atoms with E-state index in [1.807, 2.05) is 60.4 Å². The van der Waals surface area contributed by atoms with Crippen molar-refractivity contribution >= 4 is 40.1 Å². The molecule has 1 N–H and O–H groups in total. The number of benzene rings is 2. The van der Waals surface area contributed by atoms with Gasteiger partial charge >= 0.3 is 0 Å². The number of thioether (sulfide) groups is 1. The molecule has 0 spiro atoms. The van der Waals surface area contributed by atoms with E-state index in [2.05, 4.69) is 5.32 Å². The monoisotopic (exact) mass is 451 g/mol. The number of hydrogen-bond acceptors (Lipinski definition) is 5. The van der Waals surface area contributed by atoms with Crippen molar-refractivity contribution in [3.05, 3.63) is 54.1 Å². The minimum atomic E-state index is -0.460. The molecule has 2 amide bonds. The van der Waals surface area contributed by atoms with Gasteiger partial charge in [-0.2, -0.15) is 0 Å². The summed E-state index contributed by atoms with van der Waals surface area (Å²) in [5, 5.41) is 3.16. The summed E-state index contributed by atoms with van der Waals surface area (Å²) in [5.74, 6) is 0.600. The Labute approximate surface area is 193 Å². The fraction of sp³-hybridized carbons (Fsp3) is 0.400. The first-order valence-corrected chi connectivity index (χ1v) is 12.0. The average Bonchev–Trinajstić information content (AvgIpc) is 3.09. The molecule has 2 aromatic rings. The largest absolute Gasteiger partial charge is 0.497 e. The maximum absolute atomic E-state index is 13.4. The second-order valence-corrected chi connectivity index (χ2v) is 9.49. The van der Waals surface area contributed by atoms with Gasteiger partial charge in [-0.05, 0) is 61.7 Å². The van der Waals surface area contributed by atoms with Gasteiger partial charge < -0.3 is 10.1 Å². The Kier molecular flexibility index (Phi) is 7.15. The maximum Gasteiger partial charge on any atom is 0.242 e. The predicted molar refractivity (Wildman–Crippen MR) is 130 cm³/mol. The topological polar surface area (TPSA) is 71.0 Å². The maximum atomic E-state index is 13.4. The number of rotatable bonds is 6. The minimum absolute atomic E-state index is 0.00597. The molecule has 2 aromatic carbocycles. The number of hydrogen-bond donors (Lipinski definition) is 1. The Balaban J connectivity index is 1.52. The van der Waals surface area contributed by atoms with Crippen molar-refractivity contribution in [3.8, 4) is 5.75 Å². The zero-order valence-electron chi connectivity index (χ0n) is 18.5.